The topological polar surface area (TPSA) is 79.7 Å². The fourth-order valence-corrected chi connectivity index (χ4v) is 5.52. The normalized spacial score (nSPS) is 17.5. The van der Waals surface area contributed by atoms with Crippen molar-refractivity contribution in [3.63, 3.8) is 0 Å². The molecule has 1 saturated heterocycles. The van der Waals surface area contributed by atoms with E-state index in [1.807, 2.05) is 55.5 Å². The van der Waals surface area contributed by atoms with Crippen LogP contribution in [0.1, 0.15) is 49.1 Å². The highest BCUT2D eigenvalue weighted by Gasteiger charge is 2.48. The highest BCUT2D eigenvalue weighted by Crippen LogP contribution is 2.45. The Labute approximate surface area is 219 Å². The van der Waals surface area contributed by atoms with Crippen molar-refractivity contribution < 1.29 is 19.4 Å². The Bertz CT molecular complexity index is 1540. The average Bonchev–Trinajstić information content (AvgIpc) is 3.41. The number of thiazole rings is 1. The first-order valence-electron chi connectivity index (χ1n) is 12.0. The molecule has 6 nitrogen and oxygen atoms in total. The first-order chi connectivity index (χ1) is 17.6. The van der Waals surface area contributed by atoms with Crippen molar-refractivity contribution in [2.24, 2.45) is 0 Å². The number of rotatable bonds is 4. The van der Waals surface area contributed by atoms with Gasteiger partial charge < -0.3 is 9.84 Å². The van der Waals surface area contributed by atoms with Crippen LogP contribution in [0.2, 0.25) is 0 Å². The van der Waals surface area contributed by atoms with E-state index in [1.54, 1.807) is 25.3 Å². The van der Waals surface area contributed by atoms with E-state index >= 15 is 0 Å². The van der Waals surface area contributed by atoms with Gasteiger partial charge in [0.25, 0.3) is 5.78 Å². The largest absolute Gasteiger partial charge is 0.507 e. The van der Waals surface area contributed by atoms with Crippen molar-refractivity contribution in [2.75, 3.05) is 12.0 Å². The zero-order valence-corrected chi connectivity index (χ0v) is 22.2. The third kappa shape index (κ3) is 4.40. The molecule has 0 radical (unpaired) electrons. The molecule has 0 bridgehead atoms. The summed E-state index contributed by atoms with van der Waals surface area (Å²) < 4.78 is 6.16. The minimum absolute atomic E-state index is 0.0502. The molecule has 188 valence electrons. The van der Waals surface area contributed by atoms with Crippen molar-refractivity contribution in [3.8, 4) is 5.75 Å². The molecule has 0 aliphatic carbocycles. The number of amides is 1. The van der Waals surface area contributed by atoms with Gasteiger partial charge in [0.1, 0.15) is 11.5 Å². The Hall–Kier alpha value is -3.97. The summed E-state index contributed by atoms with van der Waals surface area (Å²) in [6, 6.07) is 19.7. The lowest BCUT2D eigenvalue weighted by Gasteiger charge is -2.24. The van der Waals surface area contributed by atoms with E-state index < -0.39 is 17.7 Å². The number of hydrogen-bond donors (Lipinski definition) is 1. The number of anilines is 1. The molecule has 7 heteroatoms. The molecule has 1 aliphatic rings. The van der Waals surface area contributed by atoms with E-state index in [9.17, 15) is 14.7 Å². The van der Waals surface area contributed by atoms with Gasteiger partial charge in [-0.15, -0.1) is 0 Å². The molecule has 0 saturated carbocycles. The van der Waals surface area contributed by atoms with Crippen molar-refractivity contribution in [1.82, 2.24) is 4.98 Å². The predicted molar refractivity (Wildman–Crippen MR) is 147 cm³/mol. The number of aromatic nitrogens is 1. The van der Waals surface area contributed by atoms with Crippen LogP contribution in [0.4, 0.5) is 5.13 Å². The quantitative estimate of drug-likeness (QED) is 0.191. The van der Waals surface area contributed by atoms with Crippen LogP contribution in [0, 0.1) is 6.92 Å². The van der Waals surface area contributed by atoms with Crippen LogP contribution < -0.4 is 9.64 Å². The van der Waals surface area contributed by atoms with Crippen molar-refractivity contribution in [1.29, 1.82) is 0 Å². The second-order valence-corrected chi connectivity index (χ2v) is 11.2. The number of methoxy groups -OCH3 is 1. The van der Waals surface area contributed by atoms with E-state index in [-0.39, 0.29) is 16.7 Å². The predicted octanol–water partition coefficient (Wildman–Crippen LogP) is 6.54. The van der Waals surface area contributed by atoms with Gasteiger partial charge in [-0.2, -0.15) is 0 Å². The van der Waals surface area contributed by atoms with Gasteiger partial charge >= 0.3 is 5.91 Å². The standard InChI is InChI=1S/C30H28N2O4S/c1-17-6-8-19(9-7-17)26(33)24-25(18-10-12-20(13-11-18)30(2,3)4)32(28(35)27(24)34)29-31-22-15-14-21(36-5)16-23(22)37-29/h6-16,25,33H,1-5H3. The van der Waals surface area contributed by atoms with E-state index in [0.29, 0.717) is 22.0 Å². The average molecular weight is 513 g/mol. The van der Waals surface area contributed by atoms with Crippen molar-refractivity contribution in [3.05, 3.63) is 94.6 Å². The molecule has 2 heterocycles. The van der Waals surface area contributed by atoms with E-state index in [2.05, 4.69) is 25.8 Å². The lowest BCUT2D eigenvalue weighted by atomic mass is 9.85. The number of aliphatic hydroxyl groups is 1. The van der Waals surface area contributed by atoms with Crippen LogP contribution in [0.3, 0.4) is 0 Å². The van der Waals surface area contributed by atoms with Gasteiger partial charge in [0.05, 0.1) is 28.9 Å². The molecular formula is C30H28N2O4S. The fourth-order valence-electron chi connectivity index (χ4n) is 4.50. The number of aliphatic hydroxyl groups excluding tert-OH is 1. The number of Topliss-reactive ketones (excluding diaryl/α,β-unsaturated/α-hetero) is 1. The number of hydrogen-bond acceptors (Lipinski definition) is 6. The summed E-state index contributed by atoms with van der Waals surface area (Å²) in [4.78, 5) is 33.0. The number of aryl methyl sites for hydroxylation is 1. The van der Waals surface area contributed by atoms with Crippen molar-refractivity contribution >= 4 is 44.1 Å². The monoisotopic (exact) mass is 512 g/mol. The van der Waals surface area contributed by atoms with E-state index in [1.165, 1.54) is 16.2 Å². The Morgan fingerprint density at radius 2 is 1.68 bits per heavy atom. The molecule has 4 aromatic rings. The Morgan fingerprint density at radius 3 is 2.30 bits per heavy atom. The molecule has 1 atom stereocenters. The maximum atomic E-state index is 13.5. The third-order valence-electron chi connectivity index (χ3n) is 6.65. The summed E-state index contributed by atoms with van der Waals surface area (Å²) >= 11 is 1.30. The second-order valence-electron chi connectivity index (χ2n) is 10.2. The number of benzene rings is 3. The number of carbonyl (C=O) groups excluding carboxylic acids is 2. The van der Waals surface area contributed by atoms with Gasteiger partial charge in [-0.1, -0.05) is 86.2 Å². The zero-order chi connectivity index (χ0) is 26.5. The van der Waals surface area contributed by atoms with E-state index in [4.69, 9.17) is 4.74 Å². The molecule has 1 unspecified atom stereocenters. The van der Waals surface area contributed by atoms with Crippen LogP contribution in [0.15, 0.2) is 72.3 Å². The lowest BCUT2D eigenvalue weighted by molar-refractivity contribution is -0.132. The van der Waals surface area contributed by atoms with Gasteiger partial charge in [-0.05, 0) is 41.7 Å². The Morgan fingerprint density at radius 1 is 1.00 bits per heavy atom. The first kappa shape index (κ1) is 24.7. The minimum atomic E-state index is -0.822. The maximum absolute atomic E-state index is 13.5. The maximum Gasteiger partial charge on any atom is 0.301 e. The van der Waals surface area contributed by atoms with Gasteiger partial charge in [0.2, 0.25) is 0 Å². The van der Waals surface area contributed by atoms with E-state index in [0.717, 1.165) is 21.4 Å². The summed E-state index contributed by atoms with van der Waals surface area (Å²) in [5.74, 6) is -0.976. The first-order valence-corrected chi connectivity index (χ1v) is 12.8. The second kappa shape index (κ2) is 9.16. The molecule has 1 amide bonds. The minimum Gasteiger partial charge on any atom is -0.507 e. The lowest BCUT2D eigenvalue weighted by Crippen LogP contribution is -2.29. The molecule has 1 fully saturated rings. The van der Waals surface area contributed by atoms with Crippen LogP contribution in [-0.4, -0.2) is 28.9 Å². The SMILES string of the molecule is COc1ccc2nc(N3C(=O)C(=O)C(=C(O)c4ccc(C)cc4)C3c3ccc(C(C)(C)C)cc3)sc2c1. The molecule has 3 aromatic carbocycles. The number of ketones is 1. The van der Waals surface area contributed by atoms with Gasteiger partial charge in [0.15, 0.2) is 5.13 Å². The summed E-state index contributed by atoms with van der Waals surface area (Å²) in [5.41, 5.74) is 4.04. The zero-order valence-electron chi connectivity index (χ0n) is 21.4. The molecule has 1 N–H and O–H groups in total. The summed E-state index contributed by atoms with van der Waals surface area (Å²) in [6.07, 6.45) is 0. The summed E-state index contributed by atoms with van der Waals surface area (Å²) in [6.45, 7) is 8.32. The molecule has 37 heavy (non-hydrogen) atoms. The number of carbonyl (C=O) groups is 2. The molecule has 5 rings (SSSR count). The highest BCUT2D eigenvalue weighted by molar-refractivity contribution is 7.22. The van der Waals surface area contributed by atoms with Gasteiger partial charge in [0, 0.05) is 5.56 Å². The van der Waals surface area contributed by atoms with Crippen LogP contribution in [-0.2, 0) is 15.0 Å². The summed E-state index contributed by atoms with van der Waals surface area (Å²) in [5, 5.41) is 11.7. The summed E-state index contributed by atoms with van der Waals surface area (Å²) in [7, 11) is 1.59. The number of nitrogens with zero attached hydrogens (tertiary/aromatic N) is 2. The van der Waals surface area contributed by atoms with Gasteiger partial charge in [-0.25, -0.2) is 4.98 Å². The molecule has 0 spiro atoms. The van der Waals surface area contributed by atoms with Crippen LogP contribution >= 0.6 is 11.3 Å². The van der Waals surface area contributed by atoms with Crippen LogP contribution in [0.5, 0.6) is 5.75 Å². The number of ether oxygens (including phenoxy) is 1. The smallest absolute Gasteiger partial charge is 0.301 e. The van der Waals surface area contributed by atoms with Crippen LogP contribution in [0.25, 0.3) is 16.0 Å². The molecule has 1 aromatic heterocycles. The molecular weight excluding hydrogens is 484 g/mol. The fraction of sp³-hybridized carbons (Fsp3) is 0.233. The number of fused-ring (bicyclic) bond motifs is 1. The Balaban J connectivity index is 1.70. The highest BCUT2D eigenvalue weighted by atomic mass is 32.1. The third-order valence-corrected chi connectivity index (χ3v) is 7.67. The van der Waals surface area contributed by atoms with Crippen molar-refractivity contribution in [2.45, 2.75) is 39.2 Å². The Kier molecular flexibility index (Phi) is 6.12. The molecule has 1 aliphatic heterocycles. The van der Waals surface area contributed by atoms with Gasteiger partial charge in [-0.3, -0.25) is 14.5 Å².